The Morgan fingerprint density at radius 1 is 1.53 bits per heavy atom. The summed E-state index contributed by atoms with van der Waals surface area (Å²) in [4.78, 5) is 0. The van der Waals surface area contributed by atoms with E-state index < -0.39 is 0 Å². The van der Waals surface area contributed by atoms with Gasteiger partial charge in [0.1, 0.15) is 0 Å². The predicted octanol–water partition coefficient (Wildman–Crippen LogP) is 3.99. The molecule has 1 fully saturated rings. The third-order valence-electron chi connectivity index (χ3n) is 3.51. The lowest BCUT2D eigenvalue weighted by molar-refractivity contribution is 0.451. The van der Waals surface area contributed by atoms with E-state index in [0.29, 0.717) is 11.3 Å². The molecule has 0 amide bonds. The largest absolute Gasteiger partial charge is 0.308 e. The fraction of sp³-hybridized carbons (Fsp3) is 0.786. The Balaban J connectivity index is 2.22. The van der Waals surface area contributed by atoms with E-state index in [0.717, 1.165) is 24.0 Å². The van der Waals surface area contributed by atoms with Crippen LogP contribution in [0.4, 0.5) is 0 Å². The molecule has 0 saturated carbocycles. The first kappa shape index (κ1) is 15.4. The lowest BCUT2D eigenvalue weighted by Gasteiger charge is -2.25. The van der Waals surface area contributed by atoms with Gasteiger partial charge in [-0.15, -0.1) is 0 Å². The Morgan fingerprint density at radius 3 is 3.00 bits per heavy atom. The number of aryl methyl sites for hydroxylation is 1. The number of rotatable bonds is 7. The van der Waals surface area contributed by atoms with Gasteiger partial charge in [0.05, 0.1) is 22.4 Å². The summed E-state index contributed by atoms with van der Waals surface area (Å²) in [6, 6.07) is 0.427. The summed E-state index contributed by atoms with van der Waals surface area (Å²) in [7, 11) is 0. The molecule has 0 bridgehead atoms. The molecule has 19 heavy (non-hydrogen) atoms. The van der Waals surface area contributed by atoms with E-state index in [1.54, 1.807) is 0 Å². The van der Waals surface area contributed by atoms with Gasteiger partial charge in [0.2, 0.25) is 0 Å². The smallest absolute Gasteiger partial charge is 0.0706 e. The van der Waals surface area contributed by atoms with Gasteiger partial charge >= 0.3 is 0 Å². The molecule has 2 atom stereocenters. The minimum Gasteiger partial charge on any atom is -0.308 e. The number of hydrogen-bond acceptors (Lipinski definition) is 3. The van der Waals surface area contributed by atoms with Crippen molar-refractivity contribution < 1.29 is 0 Å². The molecule has 0 aliphatic carbocycles. The molecule has 0 radical (unpaired) electrons. The van der Waals surface area contributed by atoms with E-state index in [9.17, 15) is 0 Å². The molecular formula is C14H24BrN3S. The number of halogens is 1. The summed E-state index contributed by atoms with van der Waals surface area (Å²) in [6.45, 7) is 6.51. The molecule has 1 aromatic heterocycles. The van der Waals surface area contributed by atoms with E-state index in [2.05, 4.69) is 56.6 Å². The highest BCUT2D eigenvalue weighted by Crippen LogP contribution is 2.38. The average Bonchev–Trinajstić information content (AvgIpc) is 3.03. The van der Waals surface area contributed by atoms with E-state index in [4.69, 9.17) is 0 Å². The number of aromatic nitrogens is 2. The van der Waals surface area contributed by atoms with Crippen molar-refractivity contribution >= 4 is 27.7 Å². The van der Waals surface area contributed by atoms with Crippen molar-refractivity contribution in [3.8, 4) is 0 Å². The monoisotopic (exact) mass is 345 g/mol. The highest BCUT2D eigenvalue weighted by atomic mass is 79.9. The average molecular weight is 346 g/mol. The first-order valence-corrected chi connectivity index (χ1v) is 9.18. The highest BCUT2D eigenvalue weighted by molar-refractivity contribution is 9.10. The van der Waals surface area contributed by atoms with Crippen molar-refractivity contribution in [2.24, 2.45) is 0 Å². The van der Waals surface area contributed by atoms with E-state index in [1.165, 1.54) is 30.7 Å². The standard InChI is InChI=1S/C14H24BrN3S/c1-3-7-16-13(12-6-5-9-19-12)14-11(15)10-17-18(14)8-4-2/h10,12-13,16H,3-9H2,1-2H3. The number of nitrogens with one attached hydrogen (secondary N) is 1. The van der Waals surface area contributed by atoms with E-state index in [1.807, 2.05) is 6.20 Å². The summed E-state index contributed by atoms with van der Waals surface area (Å²) in [6.07, 6.45) is 6.91. The van der Waals surface area contributed by atoms with Crippen molar-refractivity contribution in [2.45, 2.75) is 57.4 Å². The second-order valence-electron chi connectivity index (χ2n) is 5.08. The third kappa shape index (κ3) is 3.76. The Morgan fingerprint density at radius 2 is 2.37 bits per heavy atom. The van der Waals surface area contributed by atoms with Crippen LogP contribution in [-0.4, -0.2) is 27.3 Å². The Bertz CT molecular complexity index is 388. The molecule has 1 aromatic rings. The summed E-state index contributed by atoms with van der Waals surface area (Å²) in [5.41, 5.74) is 1.34. The maximum atomic E-state index is 4.53. The molecule has 108 valence electrons. The summed E-state index contributed by atoms with van der Waals surface area (Å²) < 4.78 is 3.33. The van der Waals surface area contributed by atoms with Gasteiger partial charge in [-0.3, -0.25) is 4.68 Å². The summed E-state index contributed by atoms with van der Waals surface area (Å²) in [5.74, 6) is 1.30. The zero-order valence-corrected chi connectivity index (χ0v) is 14.3. The molecule has 5 heteroatoms. The Kier molecular flexibility index (Phi) is 6.23. The zero-order chi connectivity index (χ0) is 13.7. The summed E-state index contributed by atoms with van der Waals surface area (Å²) in [5, 5.41) is 8.96. The number of hydrogen-bond donors (Lipinski definition) is 1. The fourth-order valence-electron chi connectivity index (χ4n) is 2.64. The van der Waals surface area contributed by atoms with Crippen LogP contribution in [0.25, 0.3) is 0 Å². The van der Waals surface area contributed by atoms with Gasteiger partial charge < -0.3 is 5.32 Å². The van der Waals surface area contributed by atoms with Gasteiger partial charge in [-0.1, -0.05) is 13.8 Å². The highest BCUT2D eigenvalue weighted by Gasteiger charge is 2.30. The van der Waals surface area contributed by atoms with Crippen molar-refractivity contribution in [3.05, 3.63) is 16.4 Å². The maximum Gasteiger partial charge on any atom is 0.0706 e. The topological polar surface area (TPSA) is 29.9 Å². The lowest BCUT2D eigenvalue weighted by atomic mass is 10.1. The molecule has 2 heterocycles. The van der Waals surface area contributed by atoms with Gasteiger partial charge in [0, 0.05) is 11.8 Å². The van der Waals surface area contributed by atoms with Crippen LogP contribution < -0.4 is 5.32 Å². The zero-order valence-electron chi connectivity index (χ0n) is 11.9. The molecule has 2 rings (SSSR count). The number of thioether (sulfide) groups is 1. The van der Waals surface area contributed by atoms with Gasteiger partial charge in [0.25, 0.3) is 0 Å². The Hall–Kier alpha value is -0.000000000000000111. The second-order valence-corrected chi connectivity index (χ2v) is 7.29. The van der Waals surface area contributed by atoms with Crippen molar-refractivity contribution in [3.63, 3.8) is 0 Å². The quantitative estimate of drug-likeness (QED) is 0.810. The first-order valence-electron chi connectivity index (χ1n) is 7.34. The van der Waals surface area contributed by atoms with Gasteiger partial charge in [-0.2, -0.15) is 16.9 Å². The molecular weight excluding hydrogens is 322 g/mol. The normalized spacial score (nSPS) is 20.9. The van der Waals surface area contributed by atoms with Crippen molar-refractivity contribution in [2.75, 3.05) is 12.3 Å². The molecule has 1 N–H and O–H groups in total. The van der Waals surface area contributed by atoms with E-state index in [-0.39, 0.29) is 0 Å². The fourth-order valence-corrected chi connectivity index (χ4v) is 4.57. The van der Waals surface area contributed by atoms with Gasteiger partial charge in [-0.25, -0.2) is 0 Å². The van der Waals surface area contributed by atoms with E-state index >= 15 is 0 Å². The minimum absolute atomic E-state index is 0.427. The van der Waals surface area contributed by atoms with Crippen LogP contribution in [-0.2, 0) is 6.54 Å². The van der Waals surface area contributed by atoms with Crippen LogP contribution in [0.1, 0.15) is 51.3 Å². The van der Waals surface area contributed by atoms with Crippen LogP contribution >= 0.6 is 27.7 Å². The Labute approximate surface area is 129 Å². The van der Waals surface area contributed by atoms with Crippen LogP contribution in [0, 0.1) is 0 Å². The maximum absolute atomic E-state index is 4.53. The summed E-state index contributed by atoms with van der Waals surface area (Å²) >= 11 is 5.80. The van der Waals surface area contributed by atoms with Crippen molar-refractivity contribution in [1.82, 2.24) is 15.1 Å². The SMILES string of the molecule is CCCNC(c1c(Br)cnn1CCC)C1CCCS1. The molecule has 0 spiro atoms. The third-order valence-corrected chi connectivity index (χ3v) is 5.59. The molecule has 2 unspecified atom stereocenters. The van der Waals surface area contributed by atoms with Gasteiger partial charge in [0.15, 0.2) is 0 Å². The first-order chi connectivity index (χ1) is 9.27. The predicted molar refractivity (Wildman–Crippen MR) is 86.7 cm³/mol. The molecule has 3 nitrogen and oxygen atoms in total. The molecule has 1 aliphatic heterocycles. The van der Waals surface area contributed by atoms with Crippen LogP contribution in [0.2, 0.25) is 0 Å². The molecule has 0 aromatic carbocycles. The molecule has 1 saturated heterocycles. The second kappa shape index (κ2) is 7.70. The van der Waals surface area contributed by atoms with Gasteiger partial charge in [-0.05, 0) is 53.9 Å². The van der Waals surface area contributed by atoms with Crippen molar-refractivity contribution in [1.29, 1.82) is 0 Å². The molecule has 1 aliphatic rings. The van der Waals surface area contributed by atoms with Crippen LogP contribution in [0.15, 0.2) is 10.7 Å². The minimum atomic E-state index is 0.427. The number of nitrogens with zero attached hydrogens (tertiary/aromatic N) is 2. The van der Waals surface area contributed by atoms with Crippen LogP contribution in [0.5, 0.6) is 0 Å². The van der Waals surface area contributed by atoms with Crippen LogP contribution in [0.3, 0.4) is 0 Å². The lowest BCUT2D eigenvalue weighted by Crippen LogP contribution is -2.32.